The predicted octanol–water partition coefficient (Wildman–Crippen LogP) is 2.19. The average molecular weight is 262 g/mol. The SMILES string of the molecule is Clc1nc(Cc2ccccn2)nc2c1COCC2. The Kier molecular flexibility index (Phi) is 3.21. The first-order valence-corrected chi connectivity index (χ1v) is 6.22. The van der Waals surface area contributed by atoms with E-state index in [9.17, 15) is 0 Å². The maximum atomic E-state index is 6.16. The van der Waals surface area contributed by atoms with Gasteiger partial charge in [0.2, 0.25) is 0 Å². The molecule has 18 heavy (non-hydrogen) atoms. The lowest BCUT2D eigenvalue weighted by Crippen LogP contribution is -2.15. The molecular weight excluding hydrogens is 250 g/mol. The predicted molar refractivity (Wildman–Crippen MR) is 67.4 cm³/mol. The molecule has 0 fully saturated rings. The summed E-state index contributed by atoms with van der Waals surface area (Å²) in [5.74, 6) is 0.722. The fraction of sp³-hybridized carbons (Fsp3) is 0.308. The number of ether oxygens (including phenoxy) is 1. The Balaban J connectivity index is 1.91. The smallest absolute Gasteiger partial charge is 0.138 e. The number of pyridine rings is 1. The third kappa shape index (κ3) is 2.35. The van der Waals surface area contributed by atoms with Crippen LogP contribution in [0, 0.1) is 0 Å². The molecule has 0 radical (unpaired) electrons. The minimum atomic E-state index is 0.505. The van der Waals surface area contributed by atoms with Gasteiger partial charge in [-0.3, -0.25) is 4.98 Å². The Hall–Kier alpha value is -1.52. The Bertz CT molecular complexity index is 560. The second-order valence-corrected chi connectivity index (χ2v) is 4.51. The zero-order chi connectivity index (χ0) is 12.4. The number of rotatable bonds is 2. The highest BCUT2D eigenvalue weighted by atomic mass is 35.5. The van der Waals surface area contributed by atoms with E-state index in [1.54, 1.807) is 6.20 Å². The van der Waals surface area contributed by atoms with Crippen molar-refractivity contribution >= 4 is 11.6 Å². The van der Waals surface area contributed by atoms with Crippen molar-refractivity contribution in [2.24, 2.45) is 0 Å². The maximum Gasteiger partial charge on any atom is 0.138 e. The second-order valence-electron chi connectivity index (χ2n) is 4.16. The number of nitrogens with zero attached hydrogens (tertiary/aromatic N) is 3. The molecule has 0 spiro atoms. The van der Waals surface area contributed by atoms with E-state index >= 15 is 0 Å². The number of aromatic nitrogens is 3. The maximum absolute atomic E-state index is 6.16. The average Bonchev–Trinajstić information content (AvgIpc) is 2.40. The molecule has 92 valence electrons. The van der Waals surface area contributed by atoms with Gasteiger partial charge in [-0.1, -0.05) is 17.7 Å². The normalized spacial score (nSPS) is 14.3. The molecule has 1 aliphatic rings. The van der Waals surface area contributed by atoms with E-state index in [1.165, 1.54) is 0 Å². The topological polar surface area (TPSA) is 47.9 Å². The fourth-order valence-corrected chi connectivity index (χ4v) is 2.25. The van der Waals surface area contributed by atoms with Crippen molar-refractivity contribution in [1.82, 2.24) is 15.0 Å². The molecular formula is C13H12ClN3O. The van der Waals surface area contributed by atoms with Gasteiger partial charge in [0.05, 0.1) is 25.3 Å². The van der Waals surface area contributed by atoms with Gasteiger partial charge < -0.3 is 4.74 Å². The van der Waals surface area contributed by atoms with Gasteiger partial charge in [0.15, 0.2) is 0 Å². The van der Waals surface area contributed by atoms with Crippen LogP contribution in [-0.4, -0.2) is 21.6 Å². The second kappa shape index (κ2) is 5.00. The summed E-state index contributed by atoms with van der Waals surface area (Å²) in [6.45, 7) is 1.21. The Morgan fingerprint density at radius 3 is 3.06 bits per heavy atom. The molecule has 0 N–H and O–H groups in total. The molecule has 0 amide bonds. The Morgan fingerprint density at radius 1 is 1.28 bits per heavy atom. The zero-order valence-electron chi connectivity index (χ0n) is 9.77. The quantitative estimate of drug-likeness (QED) is 0.778. The molecule has 4 nitrogen and oxygen atoms in total. The van der Waals surface area contributed by atoms with Crippen LogP contribution in [0.4, 0.5) is 0 Å². The molecule has 0 aromatic carbocycles. The van der Waals surface area contributed by atoms with E-state index in [1.807, 2.05) is 18.2 Å². The van der Waals surface area contributed by atoms with E-state index in [0.29, 0.717) is 24.8 Å². The van der Waals surface area contributed by atoms with Gasteiger partial charge in [-0.05, 0) is 12.1 Å². The van der Waals surface area contributed by atoms with Gasteiger partial charge in [-0.25, -0.2) is 9.97 Å². The molecule has 0 unspecified atom stereocenters. The highest BCUT2D eigenvalue weighted by Gasteiger charge is 2.17. The van der Waals surface area contributed by atoms with Crippen molar-refractivity contribution < 1.29 is 4.74 Å². The summed E-state index contributed by atoms with van der Waals surface area (Å²) in [6, 6.07) is 5.80. The summed E-state index contributed by atoms with van der Waals surface area (Å²) < 4.78 is 5.36. The van der Waals surface area contributed by atoms with Crippen molar-refractivity contribution in [3.8, 4) is 0 Å². The van der Waals surface area contributed by atoms with Crippen LogP contribution < -0.4 is 0 Å². The molecule has 2 aromatic rings. The largest absolute Gasteiger partial charge is 0.376 e. The highest BCUT2D eigenvalue weighted by Crippen LogP contribution is 2.22. The molecule has 2 aromatic heterocycles. The Labute approximate surface area is 110 Å². The van der Waals surface area contributed by atoms with Crippen LogP contribution >= 0.6 is 11.6 Å². The van der Waals surface area contributed by atoms with Gasteiger partial charge >= 0.3 is 0 Å². The number of hydrogen-bond acceptors (Lipinski definition) is 4. The molecule has 3 rings (SSSR count). The van der Waals surface area contributed by atoms with Crippen LogP contribution in [-0.2, 0) is 24.2 Å². The van der Waals surface area contributed by atoms with E-state index in [0.717, 1.165) is 29.2 Å². The molecule has 5 heteroatoms. The first-order valence-electron chi connectivity index (χ1n) is 5.85. The van der Waals surface area contributed by atoms with Crippen LogP contribution in [0.3, 0.4) is 0 Å². The van der Waals surface area contributed by atoms with Crippen LogP contribution in [0.25, 0.3) is 0 Å². The van der Waals surface area contributed by atoms with E-state index in [2.05, 4.69) is 15.0 Å². The summed E-state index contributed by atoms with van der Waals surface area (Å²) in [5.41, 5.74) is 2.88. The van der Waals surface area contributed by atoms with Gasteiger partial charge in [0, 0.05) is 23.9 Å². The van der Waals surface area contributed by atoms with Crippen LogP contribution in [0.2, 0.25) is 5.15 Å². The summed E-state index contributed by atoms with van der Waals surface area (Å²) in [4.78, 5) is 13.1. The molecule has 0 aliphatic carbocycles. The summed E-state index contributed by atoms with van der Waals surface area (Å²) >= 11 is 6.16. The van der Waals surface area contributed by atoms with E-state index < -0.39 is 0 Å². The van der Waals surface area contributed by atoms with Gasteiger partial charge in [0.25, 0.3) is 0 Å². The van der Waals surface area contributed by atoms with Crippen molar-refractivity contribution in [2.45, 2.75) is 19.4 Å². The number of hydrogen-bond donors (Lipinski definition) is 0. The van der Waals surface area contributed by atoms with Crippen molar-refractivity contribution in [3.05, 3.63) is 52.3 Å². The minimum absolute atomic E-state index is 0.505. The third-order valence-corrected chi connectivity index (χ3v) is 3.20. The van der Waals surface area contributed by atoms with Crippen molar-refractivity contribution in [2.75, 3.05) is 6.61 Å². The third-order valence-electron chi connectivity index (χ3n) is 2.88. The van der Waals surface area contributed by atoms with Crippen molar-refractivity contribution in [3.63, 3.8) is 0 Å². The fourth-order valence-electron chi connectivity index (χ4n) is 1.98. The highest BCUT2D eigenvalue weighted by molar-refractivity contribution is 6.30. The van der Waals surface area contributed by atoms with Gasteiger partial charge in [-0.15, -0.1) is 0 Å². The molecule has 0 atom stereocenters. The van der Waals surface area contributed by atoms with E-state index in [-0.39, 0.29) is 0 Å². The van der Waals surface area contributed by atoms with Gasteiger partial charge in [0.1, 0.15) is 11.0 Å². The molecule has 0 bridgehead atoms. The monoisotopic (exact) mass is 261 g/mol. The zero-order valence-corrected chi connectivity index (χ0v) is 10.5. The lowest BCUT2D eigenvalue weighted by Gasteiger charge is -2.17. The first kappa shape index (κ1) is 11.6. The lowest BCUT2D eigenvalue weighted by atomic mass is 10.1. The number of halogens is 1. The Morgan fingerprint density at radius 2 is 2.22 bits per heavy atom. The molecule has 0 saturated heterocycles. The first-order chi connectivity index (χ1) is 8.83. The minimum Gasteiger partial charge on any atom is -0.376 e. The van der Waals surface area contributed by atoms with Crippen LogP contribution in [0.15, 0.2) is 24.4 Å². The van der Waals surface area contributed by atoms with E-state index in [4.69, 9.17) is 16.3 Å². The van der Waals surface area contributed by atoms with Crippen LogP contribution in [0.5, 0.6) is 0 Å². The number of fused-ring (bicyclic) bond motifs is 1. The van der Waals surface area contributed by atoms with Crippen molar-refractivity contribution in [1.29, 1.82) is 0 Å². The standard InChI is InChI=1S/C13H12ClN3O/c14-13-10-8-18-6-4-11(10)16-12(17-13)7-9-3-1-2-5-15-9/h1-3,5H,4,6-8H2. The van der Waals surface area contributed by atoms with Crippen LogP contribution in [0.1, 0.15) is 22.8 Å². The summed E-state index contributed by atoms with van der Waals surface area (Å²) in [6.07, 6.45) is 3.17. The lowest BCUT2D eigenvalue weighted by molar-refractivity contribution is 0.109. The molecule has 0 saturated carbocycles. The summed E-state index contributed by atoms with van der Waals surface area (Å²) in [7, 11) is 0. The molecule has 1 aliphatic heterocycles. The molecule has 3 heterocycles. The van der Waals surface area contributed by atoms with Gasteiger partial charge in [-0.2, -0.15) is 0 Å². The summed E-state index contributed by atoms with van der Waals surface area (Å²) in [5, 5.41) is 0.505.